The molecule has 0 aliphatic heterocycles. The van der Waals surface area contributed by atoms with Gasteiger partial charge in [-0.05, 0) is 41.6 Å². The number of aliphatic imine (C=N–C) groups is 1. The van der Waals surface area contributed by atoms with Crippen LogP contribution in [0.4, 0.5) is 10.2 Å². The molecule has 140 valence electrons. The fraction of sp³-hybridized carbons (Fsp3) is 0.368. The number of hydrogen-bond acceptors (Lipinski definition) is 4. The van der Waals surface area contributed by atoms with Crippen molar-refractivity contribution in [2.45, 2.75) is 18.8 Å². The summed E-state index contributed by atoms with van der Waals surface area (Å²) < 4.78 is 13.5. The molecule has 1 aromatic heterocycles. The van der Waals surface area contributed by atoms with Gasteiger partial charge in [0.2, 0.25) is 0 Å². The maximum absolute atomic E-state index is 13.5. The molecule has 0 atom stereocenters. The van der Waals surface area contributed by atoms with Crippen LogP contribution in [0.3, 0.4) is 0 Å². The van der Waals surface area contributed by atoms with Crippen LogP contribution in [0.25, 0.3) is 0 Å². The molecule has 0 bridgehead atoms. The predicted octanol–water partition coefficient (Wildman–Crippen LogP) is 3.01. The molecule has 2 aromatic rings. The molecule has 2 N–H and O–H groups in total. The largest absolute Gasteiger partial charge is 0.363 e. The van der Waals surface area contributed by atoms with Crippen molar-refractivity contribution in [2.24, 2.45) is 4.99 Å². The minimum absolute atomic E-state index is 0.202. The van der Waals surface area contributed by atoms with Crippen LogP contribution < -0.4 is 15.5 Å². The van der Waals surface area contributed by atoms with Gasteiger partial charge in [-0.1, -0.05) is 12.1 Å². The number of benzene rings is 1. The zero-order chi connectivity index (χ0) is 18.9. The average Bonchev–Trinajstić information content (AvgIpc) is 2.63. The SMILES string of the molecule is CN=C(NCc1cccc(N(C)C)n1)NCc1ccc(F)cc1CSC. The van der Waals surface area contributed by atoms with E-state index in [-0.39, 0.29) is 5.82 Å². The summed E-state index contributed by atoms with van der Waals surface area (Å²) in [4.78, 5) is 10.8. The molecular formula is C19H26FN5S. The molecule has 0 saturated carbocycles. The summed E-state index contributed by atoms with van der Waals surface area (Å²) in [7, 11) is 5.66. The Morgan fingerprint density at radius 3 is 2.62 bits per heavy atom. The lowest BCUT2D eigenvalue weighted by Crippen LogP contribution is -2.36. The summed E-state index contributed by atoms with van der Waals surface area (Å²) in [5, 5.41) is 6.54. The van der Waals surface area contributed by atoms with Crippen LogP contribution in [0.5, 0.6) is 0 Å². The molecule has 1 heterocycles. The number of rotatable bonds is 7. The highest BCUT2D eigenvalue weighted by Crippen LogP contribution is 2.16. The highest BCUT2D eigenvalue weighted by Gasteiger charge is 2.06. The first kappa shape index (κ1) is 20.0. The van der Waals surface area contributed by atoms with Crippen LogP contribution in [0.2, 0.25) is 0 Å². The van der Waals surface area contributed by atoms with E-state index in [4.69, 9.17) is 0 Å². The first-order chi connectivity index (χ1) is 12.5. The minimum atomic E-state index is -0.202. The predicted molar refractivity (Wildman–Crippen MR) is 109 cm³/mol. The van der Waals surface area contributed by atoms with Crippen LogP contribution in [-0.4, -0.2) is 38.3 Å². The smallest absolute Gasteiger partial charge is 0.191 e. The summed E-state index contributed by atoms with van der Waals surface area (Å²) in [5.41, 5.74) is 3.00. The van der Waals surface area contributed by atoms with Gasteiger partial charge in [0, 0.05) is 33.4 Å². The van der Waals surface area contributed by atoms with E-state index in [1.807, 2.05) is 49.5 Å². The van der Waals surface area contributed by atoms with E-state index in [2.05, 4.69) is 20.6 Å². The van der Waals surface area contributed by atoms with Crippen molar-refractivity contribution < 1.29 is 4.39 Å². The number of anilines is 1. The molecule has 0 aliphatic carbocycles. The Kier molecular flexibility index (Phi) is 7.72. The Labute approximate surface area is 159 Å². The maximum Gasteiger partial charge on any atom is 0.191 e. The van der Waals surface area contributed by atoms with Gasteiger partial charge in [-0.2, -0.15) is 11.8 Å². The third-order valence-electron chi connectivity index (χ3n) is 3.83. The molecular weight excluding hydrogens is 349 g/mol. The summed E-state index contributed by atoms with van der Waals surface area (Å²) in [5.74, 6) is 2.18. The van der Waals surface area contributed by atoms with Gasteiger partial charge in [0.05, 0.1) is 12.2 Å². The molecule has 0 aliphatic rings. The number of nitrogens with one attached hydrogen (secondary N) is 2. The van der Waals surface area contributed by atoms with Crippen molar-refractivity contribution in [3.8, 4) is 0 Å². The van der Waals surface area contributed by atoms with E-state index >= 15 is 0 Å². The van der Waals surface area contributed by atoms with E-state index < -0.39 is 0 Å². The van der Waals surface area contributed by atoms with Crippen molar-refractivity contribution in [3.63, 3.8) is 0 Å². The monoisotopic (exact) mass is 375 g/mol. The van der Waals surface area contributed by atoms with E-state index in [0.29, 0.717) is 19.0 Å². The number of aromatic nitrogens is 1. The molecule has 0 saturated heterocycles. The fourth-order valence-corrected chi connectivity index (χ4v) is 3.02. The molecule has 0 unspecified atom stereocenters. The molecule has 2 rings (SSSR count). The van der Waals surface area contributed by atoms with Gasteiger partial charge in [0.15, 0.2) is 5.96 Å². The van der Waals surface area contributed by atoms with Gasteiger partial charge in [0.1, 0.15) is 11.6 Å². The molecule has 26 heavy (non-hydrogen) atoms. The topological polar surface area (TPSA) is 52.6 Å². The van der Waals surface area contributed by atoms with E-state index in [1.54, 1.807) is 24.9 Å². The number of halogens is 1. The van der Waals surface area contributed by atoms with Crippen LogP contribution >= 0.6 is 11.8 Å². The van der Waals surface area contributed by atoms with Crippen molar-refractivity contribution in [3.05, 3.63) is 59.0 Å². The standard InChI is InChI=1S/C19H26FN5S/c1-21-19(23-12-17-6-5-7-18(24-17)25(2)3)22-11-14-8-9-16(20)10-15(14)13-26-4/h5-10H,11-13H2,1-4H3,(H2,21,22,23). The molecule has 7 heteroatoms. The Bertz CT molecular complexity index is 748. The Hall–Kier alpha value is -2.28. The van der Waals surface area contributed by atoms with Crippen molar-refractivity contribution in [1.29, 1.82) is 0 Å². The van der Waals surface area contributed by atoms with E-state index in [9.17, 15) is 4.39 Å². The highest BCUT2D eigenvalue weighted by molar-refractivity contribution is 7.97. The van der Waals surface area contributed by atoms with Gasteiger partial charge >= 0.3 is 0 Å². The van der Waals surface area contributed by atoms with Crippen molar-refractivity contribution >= 4 is 23.5 Å². The lowest BCUT2D eigenvalue weighted by Gasteiger charge is -2.15. The van der Waals surface area contributed by atoms with Crippen molar-refractivity contribution in [2.75, 3.05) is 32.3 Å². The zero-order valence-electron chi connectivity index (χ0n) is 15.7. The third-order valence-corrected chi connectivity index (χ3v) is 4.42. The second-order valence-electron chi connectivity index (χ2n) is 6.01. The van der Waals surface area contributed by atoms with Crippen LogP contribution in [0, 0.1) is 5.82 Å². The van der Waals surface area contributed by atoms with Crippen LogP contribution in [0.15, 0.2) is 41.4 Å². The maximum atomic E-state index is 13.5. The second-order valence-corrected chi connectivity index (χ2v) is 6.87. The summed E-state index contributed by atoms with van der Waals surface area (Å²) in [6, 6.07) is 10.8. The summed E-state index contributed by atoms with van der Waals surface area (Å²) in [6.45, 7) is 1.16. The Balaban J connectivity index is 1.95. The molecule has 0 spiro atoms. The minimum Gasteiger partial charge on any atom is -0.363 e. The zero-order valence-corrected chi connectivity index (χ0v) is 16.5. The molecule has 0 radical (unpaired) electrons. The van der Waals surface area contributed by atoms with Crippen LogP contribution in [0.1, 0.15) is 16.8 Å². The van der Waals surface area contributed by atoms with Crippen LogP contribution in [-0.2, 0) is 18.8 Å². The van der Waals surface area contributed by atoms with E-state index in [0.717, 1.165) is 28.4 Å². The Morgan fingerprint density at radius 2 is 1.92 bits per heavy atom. The first-order valence-electron chi connectivity index (χ1n) is 8.37. The van der Waals surface area contributed by atoms with Gasteiger partial charge in [0.25, 0.3) is 0 Å². The number of thioether (sulfide) groups is 1. The lowest BCUT2D eigenvalue weighted by atomic mass is 10.1. The molecule has 1 aromatic carbocycles. The normalized spacial score (nSPS) is 11.3. The number of guanidine groups is 1. The number of pyridine rings is 1. The van der Waals surface area contributed by atoms with Gasteiger partial charge < -0.3 is 15.5 Å². The second kappa shape index (κ2) is 10.0. The molecule has 0 fully saturated rings. The van der Waals surface area contributed by atoms with Gasteiger partial charge in [-0.15, -0.1) is 0 Å². The Morgan fingerprint density at radius 1 is 1.15 bits per heavy atom. The van der Waals surface area contributed by atoms with E-state index in [1.165, 1.54) is 6.07 Å². The molecule has 5 nitrogen and oxygen atoms in total. The van der Waals surface area contributed by atoms with Gasteiger partial charge in [-0.3, -0.25) is 4.99 Å². The van der Waals surface area contributed by atoms with Crippen molar-refractivity contribution in [1.82, 2.24) is 15.6 Å². The first-order valence-corrected chi connectivity index (χ1v) is 9.77. The average molecular weight is 376 g/mol. The van der Waals surface area contributed by atoms with Gasteiger partial charge in [-0.25, -0.2) is 9.37 Å². The quantitative estimate of drug-likeness (QED) is 0.576. The number of nitrogens with zero attached hydrogens (tertiary/aromatic N) is 3. The summed E-state index contributed by atoms with van der Waals surface area (Å²) >= 11 is 1.68. The highest BCUT2D eigenvalue weighted by atomic mass is 32.2. The third kappa shape index (κ3) is 5.91. The number of hydrogen-bond donors (Lipinski definition) is 2. The fourth-order valence-electron chi connectivity index (χ4n) is 2.45. The molecule has 0 amide bonds. The lowest BCUT2D eigenvalue weighted by molar-refractivity contribution is 0.625. The summed E-state index contributed by atoms with van der Waals surface area (Å²) in [6.07, 6.45) is 2.01.